The number of nitrogens with one attached hydrogen (secondary N) is 1. The molecule has 172 valence electrons. The van der Waals surface area contributed by atoms with Gasteiger partial charge in [0, 0.05) is 18.3 Å². The van der Waals surface area contributed by atoms with E-state index in [4.69, 9.17) is 32.7 Å². The van der Waals surface area contributed by atoms with Gasteiger partial charge in [0.2, 0.25) is 22.7 Å². The fraction of sp³-hybridized carbons (Fsp3) is 0.174. The lowest BCUT2D eigenvalue weighted by molar-refractivity contribution is -0.116. The number of sulfonamides is 1. The number of halogens is 2. The molecule has 0 saturated carbocycles. The van der Waals surface area contributed by atoms with E-state index in [-0.39, 0.29) is 18.2 Å². The first-order valence-electron chi connectivity index (χ1n) is 9.92. The number of hydrogen-bond acceptors (Lipinski definition) is 5. The van der Waals surface area contributed by atoms with Crippen LogP contribution in [-0.2, 0) is 21.4 Å². The zero-order valence-electron chi connectivity index (χ0n) is 17.5. The first-order chi connectivity index (χ1) is 15.7. The minimum atomic E-state index is -3.98. The molecule has 1 N–H and O–H groups in total. The Morgan fingerprint density at radius 2 is 1.70 bits per heavy atom. The minimum Gasteiger partial charge on any atom is -0.454 e. The molecule has 1 aliphatic rings. The van der Waals surface area contributed by atoms with Gasteiger partial charge in [0.05, 0.1) is 21.5 Å². The molecule has 3 aromatic rings. The van der Waals surface area contributed by atoms with Crippen LogP contribution in [-0.4, -0.2) is 32.0 Å². The van der Waals surface area contributed by atoms with Gasteiger partial charge in [-0.1, -0.05) is 47.0 Å². The Bertz CT molecular complexity index is 1300. The Kier molecular flexibility index (Phi) is 6.81. The normalized spacial score (nSPS) is 12.7. The van der Waals surface area contributed by atoms with Gasteiger partial charge in [-0.25, -0.2) is 8.42 Å². The lowest BCUT2D eigenvalue weighted by Gasteiger charge is -2.22. The van der Waals surface area contributed by atoms with Crippen LogP contribution in [0.5, 0.6) is 11.5 Å². The second-order valence-electron chi connectivity index (χ2n) is 7.45. The maximum atomic E-state index is 13.4. The predicted molar refractivity (Wildman–Crippen MR) is 126 cm³/mol. The van der Waals surface area contributed by atoms with Crippen molar-refractivity contribution in [2.24, 2.45) is 0 Å². The molecular weight excluding hydrogens is 487 g/mol. The largest absolute Gasteiger partial charge is 0.454 e. The molecule has 1 amide bonds. The maximum absolute atomic E-state index is 13.4. The zero-order chi connectivity index (χ0) is 23.6. The highest BCUT2D eigenvalue weighted by atomic mass is 35.5. The predicted octanol–water partition coefficient (Wildman–Crippen LogP) is 4.86. The van der Waals surface area contributed by atoms with E-state index in [2.05, 4.69) is 5.32 Å². The quantitative estimate of drug-likeness (QED) is 0.494. The fourth-order valence-electron chi connectivity index (χ4n) is 3.26. The number of ether oxygens (including phenoxy) is 2. The van der Waals surface area contributed by atoms with E-state index < -0.39 is 22.5 Å². The lowest BCUT2D eigenvalue weighted by Crippen LogP contribution is -2.37. The van der Waals surface area contributed by atoms with E-state index in [1.807, 2.05) is 6.92 Å². The summed E-state index contributed by atoms with van der Waals surface area (Å²) in [4.78, 5) is 12.9. The van der Waals surface area contributed by atoms with E-state index in [0.717, 1.165) is 9.87 Å². The molecule has 0 spiro atoms. The van der Waals surface area contributed by atoms with Gasteiger partial charge in [-0.2, -0.15) is 4.31 Å². The Balaban J connectivity index is 1.59. The Hall–Kier alpha value is -2.78. The van der Waals surface area contributed by atoms with E-state index in [0.29, 0.717) is 32.8 Å². The molecule has 1 aliphatic heterocycles. The van der Waals surface area contributed by atoms with E-state index >= 15 is 0 Å². The third kappa shape index (κ3) is 5.42. The lowest BCUT2D eigenvalue weighted by atomic mass is 10.2. The molecule has 0 radical (unpaired) electrons. The first kappa shape index (κ1) is 23.4. The third-order valence-electron chi connectivity index (χ3n) is 4.98. The van der Waals surface area contributed by atoms with Gasteiger partial charge in [-0.15, -0.1) is 0 Å². The van der Waals surface area contributed by atoms with Crippen molar-refractivity contribution in [2.75, 3.05) is 18.7 Å². The van der Waals surface area contributed by atoms with Crippen LogP contribution in [0.25, 0.3) is 0 Å². The maximum Gasteiger partial charge on any atom is 0.243 e. The van der Waals surface area contributed by atoms with Gasteiger partial charge in [0.15, 0.2) is 11.5 Å². The standard InChI is InChI=1S/C23H20Cl2N2O5S/c1-15-2-6-18(7-3-15)33(29,30)27(12-16-4-8-19(24)20(25)10-16)13-23(28)26-17-5-9-21-22(11-17)32-14-31-21/h2-11H,12-14H2,1H3,(H,26,28). The van der Waals surface area contributed by atoms with Crippen LogP contribution >= 0.6 is 23.2 Å². The van der Waals surface area contributed by atoms with E-state index in [1.165, 1.54) is 12.1 Å². The highest BCUT2D eigenvalue weighted by molar-refractivity contribution is 7.89. The molecule has 0 atom stereocenters. The number of hydrogen-bond donors (Lipinski definition) is 1. The van der Waals surface area contributed by atoms with Gasteiger partial charge < -0.3 is 14.8 Å². The Morgan fingerprint density at radius 3 is 2.42 bits per heavy atom. The van der Waals surface area contributed by atoms with Gasteiger partial charge in [0.1, 0.15) is 0 Å². The van der Waals surface area contributed by atoms with Gasteiger partial charge in [-0.3, -0.25) is 4.79 Å². The smallest absolute Gasteiger partial charge is 0.243 e. The Morgan fingerprint density at radius 1 is 0.970 bits per heavy atom. The van der Waals surface area contributed by atoms with Crippen LogP contribution in [0.15, 0.2) is 65.6 Å². The number of fused-ring (bicyclic) bond motifs is 1. The number of aryl methyl sites for hydroxylation is 1. The van der Waals surface area contributed by atoms with Crippen molar-refractivity contribution >= 4 is 44.8 Å². The molecule has 33 heavy (non-hydrogen) atoms. The van der Waals surface area contributed by atoms with Crippen LogP contribution in [0.2, 0.25) is 10.0 Å². The monoisotopic (exact) mass is 506 g/mol. The fourth-order valence-corrected chi connectivity index (χ4v) is 4.97. The summed E-state index contributed by atoms with van der Waals surface area (Å²) in [6, 6.07) is 16.2. The average molecular weight is 507 g/mol. The van der Waals surface area contributed by atoms with E-state index in [1.54, 1.807) is 48.5 Å². The summed E-state index contributed by atoms with van der Waals surface area (Å²) in [6.45, 7) is 1.49. The summed E-state index contributed by atoms with van der Waals surface area (Å²) >= 11 is 12.1. The number of anilines is 1. The molecule has 1 heterocycles. The van der Waals surface area contributed by atoms with Crippen molar-refractivity contribution < 1.29 is 22.7 Å². The van der Waals surface area contributed by atoms with Crippen LogP contribution in [0, 0.1) is 6.92 Å². The molecule has 0 fully saturated rings. The number of carbonyl (C=O) groups excluding carboxylic acids is 1. The molecule has 0 saturated heterocycles. The highest BCUT2D eigenvalue weighted by Gasteiger charge is 2.27. The molecular formula is C23H20Cl2N2O5S. The van der Waals surface area contributed by atoms with Gasteiger partial charge >= 0.3 is 0 Å². The van der Waals surface area contributed by atoms with Crippen LogP contribution < -0.4 is 14.8 Å². The molecule has 4 rings (SSSR count). The molecule has 7 nitrogen and oxygen atoms in total. The number of amides is 1. The van der Waals surface area contributed by atoms with Crippen LogP contribution in [0.4, 0.5) is 5.69 Å². The summed E-state index contributed by atoms with van der Waals surface area (Å²) in [5.41, 5.74) is 1.98. The summed E-state index contributed by atoms with van der Waals surface area (Å²) in [5.74, 6) is 0.577. The minimum absolute atomic E-state index is 0.0678. The van der Waals surface area contributed by atoms with Crippen molar-refractivity contribution in [1.82, 2.24) is 4.31 Å². The molecule has 0 aliphatic carbocycles. The summed E-state index contributed by atoms with van der Waals surface area (Å²) in [5, 5.41) is 3.37. The topological polar surface area (TPSA) is 84.9 Å². The second kappa shape index (κ2) is 9.61. The summed E-state index contributed by atoms with van der Waals surface area (Å²) < 4.78 is 38.5. The number of nitrogens with zero attached hydrogens (tertiary/aromatic N) is 1. The van der Waals surface area contributed by atoms with Crippen molar-refractivity contribution in [3.8, 4) is 11.5 Å². The van der Waals surface area contributed by atoms with Crippen LogP contribution in [0.1, 0.15) is 11.1 Å². The van der Waals surface area contributed by atoms with Crippen molar-refractivity contribution in [3.05, 3.63) is 81.8 Å². The Labute approximate surface area is 201 Å². The second-order valence-corrected chi connectivity index (χ2v) is 10.2. The van der Waals surface area contributed by atoms with Crippen molar-refractivity contribution in [1.29, 1.82) is 0 Å². The van der Waals surface area contributed by atoms with Gasteiger partial charge in [0.25, 0.3) is 0 Å². The van der Waals surface area contributed by atoms with Crippen molar-refractivity contribution in [2.45, 2.75) is 18.4 Å². The molecule has 0 aromatic heterocycles. The highest BCUT2D eigenvalue weighted by Crippen LogP contribution is 2.34. The SMILES string of the molecule is Cc1ccc(S(=O)(=O)N(CC(=O)Nc2ccc3c(c2)OCO3)Cc2ccc(Cl)c(Cl)c2)cc1. The van der Waals surface area contributed by atoms with E-state index in [9.17, 15) is 13.2 Å². The van der Waals surface area contributed by atoms with Crippen molar-refractivity contribution in [3.63, 3.8) is 0 Å². The number of carbonyl (C=O) groups is 1. The average Bonchev–Trinajstić information content (AvgIpc) is 3.24. The first-order valence-corrected chi connectivity index (χ1v) is 12.1. The number of rotatable bonds is 7. The summed E-state index contributed by atoms with van der Waals surface area (Å²) in [7, 11) is -3.98. The molecule has 0 unspecified atom stereocenters. The third-order valence-corrected chi connectivity index (χ3v) is 7.52. The molecule has 3 aromatic carbocycles. The van der Waals surface area contributed by atoms with Gasteiger partial charge in [-0.05, 0) is 48.9 Å². The van der Waals surface area contributed by atoms with Crippen LogP contribution in [0.3, 0.4) is 0 Å². The molecule has 10 heteroatoms. The zero-order valence-corrected chi connectivity index (χ0v) is 19.9. The summed E-state index contributed by atoms with van der Waals surface area (Å²) in [6.07, 6.45) is 0. The molecule has 0 bridgehead atoms. The number of benzene rings is 3.